The van der Waals surface area contributed by atoms with Gasteiger partial charge in [-0.05, 0) is 30.2 Å². The van der Waals surface area contributed by atoms with Gasteiger partial charge in [-0.15, -0.1) is 0 Å². The highest BCUT2D eigenvalue weighted by molar-refractivity contribution is 5.88. The van der Waals surface area contributed by atoms with Crippen molar-refractivity contribution in [3.63, 3.8) is 0 Å². The molecule has 112 valence electrons. The lowest BCUT2D eigenvalue weighted by Crippen LogP contribution is -2.27. The van der Waals surface area contributed by atoms with Gasteiger partial charge in [0.2, 0.25) is 0 Å². The zero-order chi connectivity index (χ0) is 15.4. The van der Waals surface area contributed by atoms with Crippen molar-refractivity contribution in [2.24, 2.45) is 0 Å². The molecule has 5 heteroatoms. The van der Waals surface area contributed by atoms with Crippen molar-refractivity contribution in [1.29, 1.82) is 0 Å². The van der Waals surface area contributed by atoms with Gasteiger partial charge in [-0.25, -0.2) is 14.4 Å². The molecule has 1 aromatic heterocycles. The van der Waals surface area contributed by atoms with Crippen molar-refractivity contribution in [3.05, 3.63) is 66.2 Å². The first-order valence-electron chi connectivity index (χ1n) is 7.08. The average Bonchev–Trinajstić information content (AvgIpc) is 2.55. The Morgan fingerprint density at radius 3 is 2.68 bits per heavy atom. The number of anilines is 1. The average molecular weight is 297 g/mol. The van der Waals surface area contributed by atoms with Gasteiger partial charge >= 0.3 is 0 Å². The summed E-state index contributed by atoms with van der Waals surface area (Å²) in [7, 11) is 0. The van der Waals surface area contributed by atoms with Crippen molar-refractivity contribution in [1.82, 2.24) is 9.97 Å². The van der Waals surface area contributed by atoms with Crippen LogP contribution in [0.15, 0.2) is 54.9 Å². The second kappa shape index (κ2) is 6.49. The van der Waals surface area contributed by atoms with E-state index in [4.69, 9.17) is 0 Å². The quantitative estimate of drug-likeness (QED) is 0.760. The summed E-state index contributed by atoms with van der Waals surface area (Å²) >= 11 is 0. The Labute approximate surface area is 127 Å². The highest BCUT2D eigenvalue weighted by atomic mass is 19.1. The number of hydrogen-bond acceptors (Lipinski definition) is 4. The minimum atomic E-state index is -0.339. The first-order chi connectivity index (χ1) is 10.8. The summed E-state index contributed by atoms with van der Waals surface area (Å²) in [6, 6.07) is 14.0. The van der Waals surface area contributed by atoms with E-state index < -0.39 is 0 Å². The van der Waals surface area contributed by atoms with E-state index in [0.29, 0.717) is 23.1 Å². The molecule has 0 spiro atoms. The Hall–Kier alpha value is -2.53. The number of nitrogens with zero attached hydrogens (tertiary/aromatic N) is 2. The topological polar surface area (TPSA) is 58.0 Å². The SMILES string of the molecule is OCC(Cc1ccccc1)Nc1ncnc2ccc(F)cc12. The van der Waals surface area contributed by atoms with Crippen LogP contribution in [-0.4, -0.2) is 27.7 Å². The number of halogens is 1. The van der Waals surface area contributed by atoms with Crippen LogP contribution in [0.2, 0.25) is 0 Å². The van der Waals surface area contributed by atoms with Gasteiger partial charge in [0.25, 0.3) is 0 Å². The van der Waals surface area contributed by atoms with Crippen LogP contribution in [0, 0.1) is 5.82 Å². The van der Waals surface area contributed by atoms with Crippen LogP contribution >= 0.6 is 0 Å². The summed E-state index contributed by atoms with van der Waals surface area (Å²) in [5.74, 6) is 0.188. The summed E-state index contributed by atoms with van der Waals surface area (Å²) in [6.07, 6.45) is 2.08. The smallest absolute Gasteiger partial charge is 0.137 e. The molecule has 2 aromatic carbocycles. The molecule has 0 saturated heterocycles. The molecule has 1 atom stereocenters. The second-order valence-electron chi connectivity index (χ2n) is 5.10. The first-order valence-corrected chi connectivity index (χ1v) is 7.08. The van der Waals surface area contributed by atoms with Crippen LogP contribution < -0.4 is 5.32 Å². The summed E-state index contributed by atoms with van der Waals surface area (Å²) in [5, 5.41) is 13.4. The number of nitrogens with one attached hydrogen (secondary N) is 1. The van der Waals surface area contributed by atoms with E-state index in [1.54, 1.807) is 6.07 Å². The minimum absolute atomic E-state index is 0.0459. The number of benzene rings is 2. The molecule has 0 radical (unpaired) electrons. The Morgan fingerprint density at radius 1 is 1.09 bits per heavy atom. The van der Waals surface area contributed by atoms with Gasteiger partial charge in [0.05, 0.1) is 18.2 Å². The predicted molar refractivity (Wildman–Crippen MR) is 84.1 cm³/mol. The van der Waals surface area contributed by atoms with Crippen LogP contribution in [0.1, 0.15) is 5.56 Å². The molecule has 0 aliphatic carbocycles. The van der Waals surface area contributed by atoms with Gasteiger partial charge in [-0.3, -0.25) is 0 Å². The fourth-order valence-electron chi connectivity index (χ4n) is 2.40. The summed E-state index contributed by atoms with van der Waals surface area (Å²) in [5.41, 5.74) is 1.77. The van der Waals surface area contributed by atoms with Gasteiger partial charge in [-0.1, -0.05) is 30.3 Å². The van der Waals surface area contributed by atoms with Crippen LogP contribution in [0.25, 0.3) is 10.9 Å². The predicted octanol–water partition coefficient (Wildman–Crippen LogP) is 2.78. The van der Waals surface area contributed by atoms with E-state index in [1.807, 2.05) is 30.3 Å². The third kappa shape index (κ3) is 3.20. The largest absolute Gasteiger partial charge is 0.394 e. The maximum absolute atomic E-state index is 13.5. The van der Waals surface area contributed by atoms with E-state index in [2.05, 4.69) is 15.3 Å². The molecular weight excluding hydrogens is 281 g/mol. The molecule has 1 unspecified atom stereocenters. The van der Waals surface area contributed by atoms with Crippen LogP contribution in [-0.2, 0) is 6.42 Å². The molecule has 0 saturated carbocycles. The van der Waals surface area contributed by atoms with Crippen LogP contribution in [0.4, 0.5) is 10.2 Å². The molecule has 0 aliphatic rings. The van der Waals surface area contributed by atoms with E-state index in [1.165, 1.54) is 18.5 Å². The number of fused-ring (bicyclic) bond motifs is 1. The lowest BCUT2D eigenvalue weighted by atomic mass is 10.1. The molecule has 3 aromatic rings. The van der Waals surface area contributed by atoms with Crippen LogP contribution in [0.5, 0.6) is 0 Å². The van der Waals surface area contributed by atoms with Crippen LogP contribution in [0.3, 0.4) is 0 Å². The molecule has 1 heterocycles. The zero-order valence-corrected chi connectivity index (χ0v) is 11.9. The van der Waals surface area contributed by atoms with Crippen molar-refractivity contribution in [2.45, 2.75) is 12.5 Å². The molecular formula is C17H16FN3O. The number of aliphatic hydroxyl groups excluding tert-OH is 1. The Balaban J connectivity index is 1.86. The van der Waals surface area contributed by atoms with Crippen molar-refractivity contribution in [3.8, 4) is 0 Å². The van der Waals surface area contributed by atoms with Gasteiger partial charge < -0.3 is 10.4 Å². The van der Waals surface area contributed by atoms with E-state index in [9.17, 15) is 9.50 Å². The monoisotopic (exact) mass is 297 g/mol. The Morgan fingerprint density at radius 2 is 1.91 bits per heavy atom. The van der Waals surface area contributed by atoms with Gasteiger partial charge in [0.15, 0.2) is 0 Å². The lowest BCUT2D eigenvalue weighted by Gasteiger charge is -2.18. The fourth-order valence-corrected chi connectivity index (χ4v) is 2.40. The first kappa shape index (κ1) is 14.4. The highest BCUT2D eigenvalue weighted by Gasteiger charge is 2.12. The van der Waals surface area contributed by atoms with E-state index in [0.717, 1.165) is 5.56 Å². The fraction of sp³-hybridized carbons (Fsp3) is 0.176. The lowest BCUT2D eigenvalue weighted by molar-refractivity contribution is 0.273. The van der Waals surface area contributed by atoms with Gasteiger partial charge in [0, 0.05) is 5.39 Å². The standard InChI is InChI=1S/C17H16FN3O/c18-13-6-7-16-15(9-13)17(20-11-19-16)21-14(10-22)8-12-4-2-1-3-5-12/h1-7,9,11,14,22H,8,10H2,(H,19,20,21). The molecule has 3 rings (SSSR count). The zero-order valence-electron chi connectivity index (χ0n) is 11.9. The van der Waals surface area contributed by atoms with Crippen molar-refractivity contribution < 1.29 is 9.50 Å². The summed E-state index contributed by atoms with van der Waals surface area (Å²) in [6.45, 7) is -0.0459. The molecule has 4 nitrogen and oxygen atoms in total. The van der Waals surface area contributed by atoms with Crippen molar-refractivity contribution in [2.75, 3.05) is 11.9 Å². The molecule has 0 bridgehead atoms. The molecule has 2 N–H and O–H groups in total. The van der Waals surface area contributed by atoms with Crippen molar-refractivity contribution >= 4 is 16.7 Å². The molecule has 0 aliphatic heterocycles. The highest BCUT2D eigenvalue weighted by Crippen LogP contribution is 2.21. The third-order valence-electron chi connectivity index (χ3n) is 3.48. The van der Waals surface area contributed by atoms with Gasteiger partial charge in [-0.2, -0.15) is 0 Å². The Kier molecular flexibility index (Phi) is 4.25. The number of hydrogen-bond donors (Lipinski definition) is 2. The summed E-state index contributed by atoms with van der Waals surface area (Å²) < 4.78 is 13.5. The molecule has 0 fully saturated rings. The number of aromatic nitrogens is 2. The molecule has 0 amide bonds. The summed E-state index contributed by atoms with van der Waals surface area (Å²) in [4.78, 5) is 8.30. The number of aliphatic hydroxyl groups is 1. The maximum atomic E-state index is 13.5. The second-order valence-corrected chi connectivity index (χ2v) is 5.10. The Bertz CT molecular complexity index is 764. The van der Waals surface area contributed by atoms with E-state index >= 15 is 0 Å². The minimum Gasteiger partial charge on any atom is -0.394 e. The maximum Gasteiger partial charge on any atom is 0.137 e. The number of rotatable bonds is 5. The normalized spacial score (nSPS) is 12.3. The molecule has 22 heavy (non-hydrogen) atoms. The van der Waals surface area contributed by atoms with Gasteiger partial charge in [0.1, 0.15) is 18.0 Å². The van der Waals surface area contributed by atoms with E-state index in [-0.39, 0.29) is 18.5 Å². The third-order valence-corrected chi connectivity index (χ3v) is 3.48.